The molecule has 0 saturated heterocycles. The normalized spacial score (nSPS) is 8.71. The van der Waals surface area contributed by atoms with E-state index in [4.69, 9.17) is 20.1 Å². The lowest BCUT2D eigenvalue weighted by Gasteiger charge is -2.01. The minimum Gasteiger partial charge on any atom is -0.504 e. The number of carboxylic acid groups (broad SMARTS) is 1. The number of rotatable bonds is 1. The van der Waals surface area contributed by atoms with Crippen molar-refractivity contribution in [3.05, 3.63) is 23.8 Å². The van der Waals surface area contributed by atoms with Gasteiger partial charge in [0.1, 0.15) is 0 Å². The Morgan fingerprint density at radius 1 is 1.36 bits per heavy atom. The number of hydrogen-bond donors (Lipinski definition) is 3. The van der Waals surface area contributed by atoms with Crippen LogP contribution in [0.3, 0.4) is 0 Å². The van der Waals surface area contributed by atoms with Gasteiger partial charge in [0.25, 0.3) is 5.97 Å². The van der Waals surface area contributed by atoms with E-state index in [9.17, 15) is 0 Å². The predicted molar refractivity (Wildman–Crippen MR) is 52.5 cm³/mol. The van der Waals surface area contributed by atoms with Crippen molar-refractivity contribution in [2.24, 2.45) is 0 Å². The number of carboxylic acids is 1. The molecule has 0 aliphatic carbocycles. The highest BCUT2D eigenvalue weighted by Gasteiger charge is 2.01. The predicted octanol–water partition coefficient (Wildman–Crippen LogP) is 1.75. The molecule has 0 spiro atoms. The number of para-hydroxylation sites is 1. The number of benzene rings is 1. The van der Waals surface area contributed by atoms with Crippen molar-refractivity contribution in [3.63, 3.8) is 0 Å². The summed E-state index contributed by atoms with van der Waals surface area (Å²) in [6.07, 6.45) is 0.736. The first kappa shape index (κ1) is 12.3. The summed E-state index contributed by atoms with van der Waals surface area (Å²) in [5.74, 6) is -0.871. The second kappa shape index (κ2) is 5.85. The molecule has 0 saturated carbocycles. The molecule has 0 atom stereocenters. The molecule has 0 aromatic heterocycles. The molecule has 0 radical (unpaired) electrons. The van der Waals surface area contributed by atoms with Crippen molar-refractivity contribution < 1.29 is 20.1 Å². The Kier molecular flexibility index (Phi) is 5.14. The monoisotopic (exact) mass is 198 g/mol. The van der Waals surface area contributed by atoms with E-state index in [0.29, 0.717) is 0 Å². The fourth-order valence-corrected chi connectivity index (χ4v) is 0.863. The molecule has 0 heterocycles. The molecule has 4 heteroatoms. The lowest BCUT2D eigenvalue weighted by Crippen LogP contribution is -1.79. The van der Waals surface area contributed by atoms with Crippen LogP contribution in [0.2, 0.25) is 0 Å². The number of aliphatic carboxylic acids is 1. The van der Waals surface area contributed by atoms with E-state index in [2.05, 4.69) is 0 Å². The lowest BCUT2D eigenvalue weighted by molar-refractivity contribution is -0.134. The third-order valence-corrected chi connectivity index (χ3v) is 1.48. The minimum atomic E-state index is -0.833. The van der Waals surface area contributed by atoms with Gasteiger partial charge in [0.2, 0.25) is 0 Å². The molecule has 3 N–H and O–H groups in total. The van der Waals surface area contributed by atoms with Gasteiger partial charge in [-0.2, -0.15) is 0 Å². The molecule has 0 fully saturated rings. The van der Waals surface area contributed by atoms with E-state index in [1.54, 1.807) is 12.1 Å². The Morgan fingerprint density at radius 2 is 1.86 bits per heavy atom. The standard InChI is InChI=1S/C8H10O2.C2H4O2/c1-2-6-4-3-5-7(9)8(6)10;1-2(3)4/h3-5,9-10H,2H2,1H3;1H3,(H,3,4). The SMILES string of the molecule is CC(=O)O.CCc1cccc(O)c1O. The van der Waals surface area contributed by atoms with E-state index in [1.807, 2.05) is 6.92 Å². The van der Waals surface area contributed by atoms with Gasteiger partial charge in [0, 0.05) is 6.92 Å². The quantitative estimate of drug-likeness (QED) is 0.601. The second-order valence-corrected chi connectivity index (χ2v) is 2.66. The van der Waals surface area contributed by atoms with Crippen molar-refractivity contribution in [1.82, 2.24) is 0 Å². The van der Waals surface area contributed by atoms with Gasteiger partial charge in [-0.15, -0.1) is 0 Å². The van der Waals surface area contributed by atoms with Crippen LogP contribution in [0.1, 0.15) is 19.4 Å². The number of aryl methyl sites for hydroxylation is 1. The van der Waals surface area contributed by atoms with Gasteiger partial charge in [-0.05, 0) is 18.1 Å². The Hall–Kier alpha value is -1.71. The topological polar surface area (TPSA) is 77.8 Å². The van der Waals surface area contributed by atoms with Crippen LogP contribution >= 0.6 is 0 Å². The minimum absolute atomic E-state index is 0.00463. The van der Waals surface area contributed by atoms with Gasteiger partial charge in [-0.25, -0.2) is 0 Å². The molecule has 0 aliphatic rings. The van der Waals surface area contributed by atoms with Crippen LogP contribution in [0.5, 0.6) is 11.5 Å². The highest BCUT2D eigenvalue weighted by atomic mass is 16.4. The fourth-order valence-electron chi connectivity index (χ4n) is 0.863. The molecule has 0 amide bonds. The summed E-state index contributed by atoms with van der Waals surface area (Å²) in [5.41, 5.74) is 0.778. The van der Waals surface area contributed by atoms with Gasteiger partial charge in [-0.1, -0.05) is 19.1 Å². The Morgan fingerprint density at radius 3 is 2.21 bits per heavy atom. The van der Waals surface area contributed by atoms with Crippen LogP contribution in [0.4, 0.5) is 0 Å². The highest BCUT2D eigenvalue weighted by Crippen LogP contribution is 2.27. The van der Waals surface area contributed by atoms with E-state index in [-0.39, 0.29) is 11.5 Å². The van der Waals surface area contributed by atoms with Crippen molar-refractivity contribution in [2.45, 2.75) is 20.3 Å². The average molecular weight is 198 g/mol. The summed E-state index contributed by atoms with van der Waals surface area (Å²) in [7, 11) is 0. The highest BCUT2D eigenvalue weighted by molar-refractivity contribution is 5.62. The Balaban J connectivity index is 0.000000364. The third kappa shape index (κ3) is 4.35. The molecule has 78 valence electrons. The largest absolute Gasteiger partial charge is 0.504 e. The van der Waals surface area contributed by atoms with Crippen LogP contribution in [0.15, 0.2) is 18.2 Å². The zero-order valence-electron chi connectivity index (χ0n) is 8.19. The van der Waals surface area contributed by atoms with Crippen LogP contribution < -0.4 is 0 Å². The maximum atomic E-state index is 9.15. The molecular weight excluding hydrogens is 184 g/mol. The molecule has 0 unspecified atom stereocenters. The summed E-state index contributed by atoms with van der Waals surface area (Å²) in [5, 5.41) is 25.5. The molecule has 0 aliphatic heterocycles. The number of hydrogen-bond acceptors (Lipinski definition) is 3. The first-order valence-electron chi connectivity index (χ1n) is 4.18. The number of phenols is 2. The number of carbonyl (C=O) groups is 1. The molecule has 14 heavy (non-hydrogen) atoms. The van der Waals surface area contributed by atoms with E-state index in [0.717, 1.165) is 18.9 Å². The van der Waals surface area contributed by atoms with Crippen molar-refractivity contribution in [2.75, 3.05) is 0 Å². The van der Waals surface area contributed by atoms with Gasteiger partial charge >= 0.3 is 0 Å². The zero-order valence-corrected chi connectivity index (χ0v) is 8.19. The number of aromatic hydroxyl groups is 2. The summed E-state index contributed by atoms with van der Waals surface area (Å²) in [6.45, 7) is 3.01. The average Bonchev–Trinajstić information content (AvgIpc) is 2.09. The van der Waals surface area contributed by atoms with E-state index >= 15 is 0 Å². The summed E-state index contributed by atoms with van der Waals surface area (Å²) < 4.78 is 0. The van der Waals surface area contributed by atoms with Crippen molar-refractivity contribution in [1.29, 1.82) is 0 Å². The summed E-state index contributed by atoms with van der Waals surface area (Å²) >= 11 is 0. The van der Waals surface area contributed by atoms with Gasteiger partial charge in [-0.3, -0.25) is 4.79 Å². The second-order valence-electron chi connectivity index (χ2n) is 2.66. The van der Waals surface area contributed by atoms with Crippen molar-refractivity contribution >= 4 is 5.97 Å². The van der Waals surface area contributed by atoms with Crippen LogP contribution in [0, 0.1) is 0 Å². The molecule has 1 aromatic rings. The molecule has 4 nitrogen and oxygen atoms in total. The fraction of sp³-hybridized carbons (Fsp3) is 0.300. The summed E-state index contributed by atoms with van der Waals surface area (Å²) in [6, 6.07) is 4.97. The van der Waals surface area contributed by atoms with E-state index < -0.39 is 5.97 Å². The van der Waals surface area contributed by atoms with Gasteiger partial charge < -0.3 is 15.3 Å². The van der Waals surface area contributed by atoms with Crippen LogP contribution in [-0.4, -0.2) is 21.3 Å². The summed E-state index contributed by atoms with van der Waals surface area (Å²) in [4.78, 5) is 9.00. The smallest absolute Gasteiger partial charge is 0.300 e. The van der Waals surface area contributed by atoms with Gasteiger partial charge in [0.05, 0.1) is 0 Å². The van der Waals surface area contributed by atoms with E-state index in [1.165, 1.54) is 6.07 Å². The lowest BCUT2D eigenvalue weighted by atomic mass is 10.1. The van der Waals surface area contributed by atoms with Crippen LogP contribution in [-0.2, 0) is 11.2 Å². The number of phenolic OH excluding ortho intramolecular Hbond substituents is 2. The third-order valence-electron chi connectivity index (χ3n) is 1.48. The molecule has 0 bridgehead atoms. The molecular formula is C10H14O4. The Labute approximate surface area is 82.4 Å². The molecule has 1 aromatic carbocycles. The maximum absolute atomic E-state index is 9.15. The van der Waals surface area contributed by atoms with Crippen LogP contribution in [0.25, 0.3) is 0 Å². The molecule has 1 rings (SSSR count). The van der Waals surface area contributed by atoms with Gasteiger partial charge in [0.15, 0.2) is 11.5 Å². The zero-order chi connectivity index (χ0) is 11.1. The first-order valence-corrected chi connectivity index (χ1v) is 4.18. The first-order chi connectivity index (χ1) is 6.49. The van der Waals surface area contributed by atoms with Crippen molar-refractivity contribution in [3.8, 4) is 11.5 Å². The maximum Gasteiger partial charge on any atom is 0.300 e. The Bertz CT molecular complexity index is 303.